The minimum absolute atomic E-state index is 0.137. The number of carbonyl (C=O) groups is 1. The lowest BCUT2D eigenvalue weighted by Gasteiger charge is -2.41. The Hall–Kier alpha value is -0.156. The van der Waals surface area contributed by atoms with Gasteiger partial charge in [0.05, 0.1) is 8.07 Å². The predicted molar refractivity (Wildman–Crippen MR) is 100 cm³/mol. The van der Waals surface area contributed by atoms with Crippen LogP contribution in [0.3, 0.4) is 0 Å². The van der Waals surface area contributed by atoms with Gasteiger partial charge in [-0.25, -0.2) is 0 Å². The van der Waals surface area contributed by atoms with Gasteiger partial charge >= 0.3 is 0 Å². The van der Waals surface area contributed by atoms with Gasteiger partial charge in [0.25, 0.3) is 0 Å². The number of rotatable bonds is 3. The van der Waals surface area contributed by atoms with E-state index in [1.165, 1.54) is 18.4 Å². The lowest BCUT2D eigenvalue weighted by molar-refractivity contribution is -0.109. The summed E-state index contributed by atoms with van der Waals surface area (Å²) in [5.41, 5.74) is 1.26. The monoisotopic (exact) mass is 324 g/mol. The Bertz CT molecular complexity index is 457. The zero-order valence-electron chi connectivity index (χ0n) is 16.0. The van der Waals surface area contributed by atoms with Crippen LogP contribution in [-0.2, 0) is 4.79 Å². The summed E-state index contributed by atoms with van der Waals surface area (Å²) in [6, 6.07) is 0. The average molecular weight is 325 g/mol. The largest absolute Gasteiger partial charge is 0.300 e. The van der Waals surface area contributed by atoms with Gasteiger partial charge in [-0.15, -0.1) is 0 Å². The molecule has 1 aliphatic carbocycles. The molecule has 0 radical (unpaired) electrons. The van der Waals surface area contributed by atoms with Crippen LogP contribution in [0, 0.1) is 0 Å². The zero-order valence-corrected chi connectivity index (χ0v) is 18.0. The van der Waals surface area contributed by atoms with E-state index in [1.54, 1.807) is 5.20 Å². The van der Waals surface area contributed by atoms with Crippen molar-refractivity contribution >= 4 is 21.6 Å². The molecule has 0 aromatic heterocycles. The highest BCUT2D eigenvalue weighted by Crippen LogP contribution is 2.48. The molecule has 0 atom stereocenters. The normalized spacial score (nSPS) is 18.4. The Kier molecular flexibility index (Phi) is 4.93. The second kappa shape index (κ2) is 5.48. The van der Waals surface area contributed by atoms with Crippen LogP contribution in [-0.4, -0.2) is 21.6 Å². The average Bonchev–Trinajstić information content (AvgIpc) is 2.73. The van der Waals surface area contributed by atoms with Gasteiger partial charge < -0.3 is 4.79 Å². The van der Waals surface area contributed by atoms with E-state index < -0.39 is 16.1 Å². The molecular formula is C18H36OSi2. The maximum Gasteiger partial charge on any atom is 0.138 e. The first kappa shape index (κ1) is 18.9. The molecule has 1 rings (SSSR count). The van der Waals surface area contributed by atoms with E-state index in [0.29, 0.717) is 10.4 Å². The smallest absolute Gasteiger partial charge is 0.138 e. The van der Waals surface area contributed by atoms with Gasteiger partial charge in [0.2, 0.25) is 0 Å². The number of hydrogen-bond donors (Lipinski definition) is 0. The fourth-order valence-electron chi connectivity index (χ4n) is 2.85. The van der Waals surface area contributed by atoms with Crippen molar-refractivity contribution in [2.75, 3.05) is 0 Å². The Morgan fingerprint density at radius 3 is 1.71 bits per heavy atom. The fraction of sp³-hybridized carbons (Fsp3) is 0.833. The van der Waals surface area contributed by atoms with Crippen LogP contribution < -0.4 is 0 Å². The van der Waals surface area contributed by atoms with Crippen molar-refractivity contribution in [3.8, 4) is 0 Å². The van der Waals surface area contributed by atoms with Crippen molar-refractivity contribution in [3.63, 3.8) is 0 Å². The van der Waals surface area contributed by atoms with Gasteiger partial charge in [-0.3, -0.25) is 0 Å². The third-order valence-electron chi connectivity index (χ3n) is 6.56. The summed E-state index contributed by atoms with van der Waals surface area (Å²) in [5, 5.41) is 2.60. The van der Waals surface area contributed by atoms with Crippen LogP contribution >= 0.6 is 0 Å². The Morgan fingerprint density at radius 1 is 0.857 bits per heavy atom. The van der Waals surface area contributed by atoms with Gasteiger partial charge in [0.15, 0.2) is 0 Å². The summed E-state index contributed by atoms with van der Waals surface area (Å²) in [7, 11) is -3.48. The number of hydrogen-bond acceptors (Lipinski definition) is 1. The highest BCUT2D eigenvalue weighted by molar-refractivity contribution is 7.08. The summed E-state index contributed by atoms with van der Waals surface area (Å²) >= 11 is 0. The van der Waals surface area contributed by atoms with E-state index in [2.05, 4.69) is 67.7 Å². The van der Waals surface area contributed by atoms with Crippen molar-refractivity contribution in [3.05, 3.63) is 10.8 Å². The molecule has 0 amide bonds. The molecule has 0 heterocycles. The van der Waals surface area contributed by atoms with Gasteiger partial charge in [-0.2, -0.15) is 0 Å². The first-order chi connectivity index (χ1) is 9.14. The van der Waals surface area contributed by atoms with E-state index in [-0.39, 0.29) is 5.04 Å². The second-order valence-electron chi connectivity index (χ2n) is 9.89. The molecule has 1 nitrogen and oxygen atoms in total. The number of carbonyl (C=O) groups excluding carboxylic acids is 1. The van der Waals surface area contributed by atoms with Crippen LogP contribution in [0.4, 0.5) is 0 Å². The predicted octanol–water partition coefficient (Wildman–Crippen LogP) is 6.13. The molecule has 0 aromatic rings. The van der Waals surface area contributed by atoms with Crippen molar-refractivity contribution in [1.29, 1.82) is 0 Å². The lowest BCUT2D eigenvalue weighted by atomic mass is 10.2. The SMILES string of the molecule is CC(C)(C)[Si](C)(C)C(=O)C1=C([Si](C)(C)C(C)(C)C)CCC1. The van der Waals surface area contributed by atoms with Crippen LogP contribution in [0.1, 0.15) is 60.8 Å². The molecule has 0 saturated heterocycles. The zero-order chi connectivity index (χ0) is 16.9. The third kappa shape index (κ3) is 3.29. The lowest BCUT2D eigenvalue weighted by Crippen LogP contribution is -2.48. The minimum Gasteiger partial charge on any atom is -0.300 e. The van der Waals surface area contributed by atoms with E-state index in [0.717, 1.165) is 6.42 Å². The maximum absolute atomic E-state index is 13.3. The summed E-state index contributed by atoms with van der Waals surface area (Å²) in [6.07, 6.45) is 3.40. The highest BCUT2D eigenvalue weighted by atomic mass is 28.3. The van der Waals surface area contributed by atoms with Gasteiger partial charge in [0, 0.05) is 0 Å². The van der Waals surface area contributed by atoms with Crippen LogP contribution in [0.5, 0.6) is 0 Å². The topological polar surface area (TPSA) is 17.1 Å². The molecule has 0 saturated carbocycles. The molecule has 0 aromatic carbocycles. The highest BCUT2D eigenvalue weighted by Gasteiger charge is 2.47. The van der Waals surface area contributed by atoms with Gasteiger partial charge in [-0.1, -0.05) is 72.9 Å². The standard InChI is InChI=1S/C18H36OSi2/c1-17(2,3)20(7,8)15-13-11-12-14(15)16(19)21(9,10)18(4,5)6/h11-13H2,1-10H3. The molecule has 3 heteroatoms. The quantitative estimate of drug-likeness (QED) is 0.570. The van der Waals surface area contributed by atoms with Gasteiger partial charge in [-0.05, 0) is 34.9 Å². The molecule has 0 bridgehead atoms. The molecule has 122 valence electrons. The van der Waals surface area contributed by atoms with Crippen LogP contribution in [0.25, 0.3) is 0 Å². The fourth-order valence-corrected chi connectivity index (χ4v) is 7.39. The Balaban J connectivity index is 3.34. The molecular weight excluding hydrogens is 288 g/mol. The van der Waals surface area contributed by atoms with Crippen molar-refractivity contribution < 1.29 is 4.79 Å². The molecule has 0 fully saturated rings. The molecule has 21 heavy (non-hydrogen) atoms. The first-order valence-electron chi connectivity index (χ1n) is 8.41. The van der Waals surface area contributed by atoms with Crippen molar-refractivity contribution in [1.82, 2.24) is 0 Å². The van der Waals surface area contributed by atoms with E-state index in [9.17, 15) is 4.79 Å². The van der Waals surface area contributed by atoms with E-state index in [4.69, 9.17) is 0 Å². The molecule has 0 aliphatic heterocycles. The summed E-state index contributed by atoms with van der Waals surface area (Å²) < 4.78 is 0. The van der Waals surface area contributed by atoms with E-state index in [1.807, 2.05) is 0 Å². The molecule has 0 spiro atoms. The minimum atomic E-state index is -1.93. The second-order valence-corrected chi connectivity index (χ2v) is 20.4. The summed E-state index contributed by atoms with van der Waals surface area (Å²) in [6.45, 7) is 23.3. The Morgan fingerprint density at radius 2 is 1.33 bits per heavy atom. The van der Waals surface area contributed by atoms with Crippen LogP contribution in [0.15, 0.2) is 10.8 Å². The van der Waals surface area contributed by atoms with Crippen molar-refractivity contribution in [2.24, 2.45) is 0 Å². The molecule has 0 unspecified atom stereocenters. The first-order valence-corrected chi connectivity index (χ1v) is 14.4. The summed E-state index contributed by atoms with van der Waals surface area (Å²) in [4.78, 5) is 13.3. The van der Waals surface area contributed by atoms with Crippen molar-refractivity contribution in [2.45, 2.75) is 97.1 Å². The molecule has 1 aliphatic rings. The number of allylic oxidation sites excluding steroid dienone is 2. The van der Waals surface area contributed by atoms with Crippen LogP contribution in [0.2, 0.25) is 36.3 Å². The summed E-state index contributed by atoms with van der Waals surface area (Å²) in [5.74, 6) is 0. The van der Waals surface area contributed by atoms with Gasteiger partial charge in [0.1, 0.15) is 13.5 Å². The Labute approximate surface area is 134 Å². The molecule has 0 N–H and O–H groups in total. The van der Waals surface area contributed by atoms with E-state index >= 15 is 0 Å². The third-order valence-corrected chi connectivity index (χ3v) is 17.6. The maximum atomic E-state index is 13.3.